The van der Waals surface area contributed by atoms with Crippen LogP contribution in [0.5, 0.6) is 0 Å². The summed E-state index contributed by atoms with van der Waals surface area (Å²) in [5.74, 6) is -0.125. The number of hydrogen-bond donors (Lipinski definition) is 0. The number of carbonyl (C=O) groups excluding carboxylic acids is 3. The van der Waals surface area contributed by atoms with E-state index >= 15 is 0 Å². The Labute approximate surface area is 66.9 Å². The quantitative estimate of drug-likeness (QED) is 0.578. The van der Waals surface area contributed by atoms with Crippen molar-refractivity contribution in [2.45, 2.75) is 20.3 Å². The fourth-order valence-corrected chi connectivity index (χ4v) is 0.351. The third kappa shape index (κ3) is 26.1. The first kappa shape index (κ1) is 12.1. The van der Waals surface area contributed by atoms with E-state index in [1.54, 1.807) is 0 Å². The molecule has 0 heterocycles. The molecule has 0 saturated heterocycles. The molecule has 0 spiro atoms. The summed E-state index contributed by atoms with van der Waals surface area (Å²) in [6, 6.07) is 0. The minimum absolute atomic E-state index is 0.0625. The summed E-state index contributed by atoms with van der Waals surface area (Å²) in [7, 11) is 0. The average molecular weight is 187 g/mol. The molecular weight excluding hydrogens is 179 g/mol. The first-order valence-electron chi connectivity index (χ1n) is 2.49. The molecule has 0 amide bonds. The topological polar surface area (TPSA) is 51.2 Å². The van der Waals surface area contributed by atoms with E-state index in [0.29, 0.717) is 0 Å². The Morgan fingerprint density at radius 3 is 1.50 bits per heavy atom. The van der Waals surface area contributed by atoms with Gasteiger partial charge in [-0.2, -0.15) is 0 Å². The zero-order valence-corrected chi connectivity index (χ0v) is 6.81. The van der Waals surface area contributed by atoms with Crippen molar-refractivity contribution in [2.75, 3.05) is 0 Å². The number of ketones is 2. The van der Waals surface area contributed by atoms with Crippen LogP contribution in [0, 0.1) is 0 Å². The summed E-state index contributed by atoms with van der Waals surface area (Å²) in [5.41, 5.74) is 0. The van der Waals surface area contributed by atoms with E-state index in [2.05, 4.69) is 15.3 Å². The first-order valence-corrected chi connectivity index (χ1v) is 3.01. The molecule has 0 aliphatic carbocycles. The van der Waals surface area contributed by atoms with Gasteiger partial charge in [0.25, 0.3) is 0 Å². The van der Waals surface area contributed by atoms with Crippen molar-refractivity contribution in [3.05, 3.63) is 0 Å². The fourth-order valence-electron chi connectivity index (χ4n) is 0.351. The summed E-state index contributed by atoms with van der Waals surface area (Å²) in [6.07, 6.45) is 0.0833. The second-order valence-electron chi connectivity index (χ2n) is 1.65. The van der Waals surface area contributed by atoms with Crippen molar-refractivity contribution in [2.24, 2.45) is 0 Å². The van der Waals surface area contributed by atoms with E-state index in [1.165, 1.54) is 18.7 Å². The molecule has 0 aromatic heterocycles. The Kier molecular flexibility index (Phi) is 10.2. The van der Waals surface area contributed by atoms with Crippen molar-refractivity contribution in [1.29, 1.82) is 0 Å². The normalized spacial score (nSPS) is 6.70. The Morgan fingerprint density at radius 2 is 1.50 bits per heavy atom. The molecular formula is C6H8CoO3. The summed E-state index contributed by atoms with van der Waals surface area (Å²) < 4.78 is 0. The van der Waals surface area contributed by atoms with Crippen LogP contribution < -0.4 is 0 Å². The molecule has 0 bridgehead atoms. The molecule has 0 N–H and O–H groups in total. The van der Waals surface area contributed by atoms with Gasteiger partial charge in [0.2, 0.25) is 0 Å². The van der Waals surface area contributed by atoms with Gasteiger partial charge in [-0.15, -0.1) is 0 Å². The van der Waals surface area contributed by atoms with Crippen LogP contribution >= 0.6 is 0 Å². The van der Waals surface area contributed by atoms with E-state index < -0.39 is 0 Å². The van der Waals surface area contributed by atoms with Gasteiger partial charge in [-0.25, -0.2) is 0 Å². The number of Topliss-reactive ketones (excluding diaryl/α,β-unsaturated/α-hetero) is 2. The predicted molar refractivity (Wildman–Crippen MR) is 31.7 cm³/mol. The Balaban J connectivity index is 0. The zero-order valence-electron chi connectivity index (χ0n) is 5.77. The Hall–Kier alpha value is -0.574. The zero-order chi connectivity index (χ0) is 8.57. The van der Waals surface area contributed by atoms with E-state index in [-0.39, 0.29) is 18.0 Å². The summed E-state index contributed by atoms with van der Waals surface area (Å²) in [5, 5.41) is 0. The van der Waals surface area contributed by atoms with Crippen LogP contribution in [-0.2, 0) is 29.7 Å². The molecule has 0 unspecified atom stereocenters. The van der Waals surface area contributed by atoms with E-state index in [0.717, 1.165) is 0 Å². The van der Waals surface area contributed by atoms with Crippen LogP contribution in [0.15, 0.2) is 0 Å². The molecule has 4 heteroatoms. The van der Waals surface area contributed by atoms with Gasteiger partial charge >= 0.3 is 24.9 Å². The van der Waals surface area contributed by atoms with Crippen molar-refractivity contribution in [3.8, 4) is 0 Å². The first-order chi connectivity index (χ1) is 4.54. The Bertz CT molecular complexity index is 144. The molecule has 0 saturated carbocycles. The average Bonchev–Trinajstić information content (AvgIpc) is 1.62. The van der Waals surface area contributed by atoms with Crippen LogP contribution in [0.3, 0.4) is 0 Å². The van der Waals surface area contributed by atoms with Crippen LogP contribution in [0.25, 0.3) is 0 Å². The van der Waals surface area contributed by atoms with Gasteiger partial charge in [-0.1, -0.05) is 0 Å². The fraction of sp³-hybridized carbons (Fsp3) is 0.500. The molecule has 0 aromatic carbocycles. The van der Waals surface area contributed by atoms with Gasteiger partial charge in [0.05, 0.1) is 6.42 Å². The van der Waals surface area contributed by atoms with Crippen LogP contribution in [0.1, 0.15) is 20.3 Å². The maximum absolute atomic E-state index is 10.0. The van der Waals surface area contributed by atoms with Crippen molar-refractivity contribution < 1.29 is 29.7 Å². The number of rotatable bonds is 2. The minimum atomic E-state index is -0.0625. The molecule has 0 aliphatic rings. The third-order valence-corrected chi connectivity index (χ3v) is 0.498. The number of hydrogen-bond acceptors (Lipinski definition) is 3. The molecule has 3 nitrogen and oxygen atoms in total. The van der Waals surface area contributed by atoms with Crippen LogP contribution in [0.4, 0.5) is 0 Å². The van der Waals surface area contributed by atoms with E-state index in [4.69, 9.17) is 4.79 Å². The third-order valence-electron chi connectivity index (χ3n) is 0.498. The van der Waals surface area contributed by atoms with Crippen molar-refractivity contribution in [3.63, 3.8) is 0 Å². The molecule has 0 radical (unpaired) electrons. The predicted octanol–water partition coefficient (Wildman–Crippen LogP) is 0.155. The van der Waals surface area contributed by atoms with Crippen LogP contribution in [-0.4, -0.2) is 16.4 Å². The monoisotopic (exact) mass is 187 g/mol. The van der Waals surface area contributed by atoms with Gasteiger partial charge in [0.1, 0.15) is 11.6 Å². The standard InChI is InChI=1S/C5H8O2.CO.Co/c1-4(6)3-5(2)7;1-2;/h3H2,1-2H3;;. The molecule has 0 aliphatic heterocycles. The van der Waals surface area contributed by atoms with Gasteiger partial charge in [-0.3, -0.25) is 9.59 Å². The summed E-state index contributed by atoms with van der Waals surface area (Å²) >= 11 is 3.02. The second kappa shape index (κ2) is 8.43. The second-order valence-corrected chi connectivity index (χ2v) is 1.86. The SMILES string of the molecule is CC(=O)CC(C)=O.O=[C]=[Co]. The summed E-state index contributed by atoms with van der Waals surface area (Å²) in [4.78, 5) is 29.8. The maximum atomic E-state index is 10.0. The van der Waals surface area contributed by atoms with Crippen molar-refractivity contribution in [1.82, 2.24) is 0 Å². The number of carbonyl (C=O) groups is 2. The van der Waals surface area contributed by atoms with Gasteiger partial charge < -0.3 is 0 Å². The summed E-state index contributed by atoms with van der Waals surface area (Å²) in [6.45, 7) is 2.81. The van der Waals surface area contributed by atoms with E-state index in [1.807, 2.05) is 0 Å². The molecule has 0 rings (SSSR count). The van der Waals surface area contributed by atoms with Crippen molar-refractivity contribution >= 4 is 16.4 Å². The molecule has 59 valence electrons. The molecule has 0 fully saturated rings. The molecule has 0 aromatic rings. The van der Waals surface area contributed by atoms with Crippen LogP contribution in [0.2, 0.25) is 0 Å². The molecule has 10 heavy (non-hydrogen) atoms. The molecule has 0 atom stereocenters. The van der Waals surface area contributed by atoms with Gasteiger partial charge in [0.15, 0.2) is 0 Å². The van der Waals surface area contributed by atoms with Gasteiger partial charge in [-0.05, 0) is 13.8 Å². The Morgan fingerprint density at radius 1 is 1.30 bits per heavy atom. The van der Waals surface area contributed by atoms with Gasteiger partial charge in [0, 0.05) is 0 Å². The van der Waals surface area contributed by atoms with E-state index in [9.17, 15) is 9.59 Å².